The Bertz CT molecular complexity index is 104. The monoisotopic (exact) mass is 176 g/mol. The number of Topliss-reactive ketones (excluding diaryl/α,β-unsaturated/α-hetero) is 1. The predicted octanol–water partition coefficient (Wildman–Crippen LogP) is 1.74. The van der Waals surface area contributed by atoms with Gasteiger partial charge in [0, 0.05) is 6.61 Å². The third kappa shape index (κ3) is 7.88. The van der Waals surface area contributed by atoms with Crippen LogP contribution in [0.15, 0.2) is 0 Å². The maximum Gasteiger partial charge on any atom is 0.168 e. The molecule has 0 saturated carbocycles. The van der Waals surface area contributed by atoms with Crippen molar-refractivity contribution in [2.45, 2.75) is 20.3 Å². The molecule has 0 aromatic rings. The third-order valence-electron chi connectivity index (χ3n) is 1.08. The molecule has 0 aromatic heterocycles. The maximum absolute atomic E-state index is 10.9. The summed E-state index contributed by atoms with van der Waals surface area (Å²) < 4.78 is 4.96. The molecule has 3 heteroatoms. The summed E-state index contributed by atoms with van der Waals surface area (Å²) in [5.41, 5.74) is 0. The lowest BCUT2D eigenvalue weighted by Gasteiger charge is -1.99. The quantitative estimate of drug-likeness (QED) is 0.553. The van der Waals surface area contributed by atoms with Crippen LogP contribution in [0.3, 0.4) is 0 Å². The van der Waals surface area contributed by atoms with E-state index in [1.165, 1.54) is 0 Å². The molecule has 0 bridgehead atoms. The molecular weight excluding hydrogens is 160 g/mol. The number of carbonyl (C=O) groups is 1. The van der Waals surface area contributed by atoms with E-state index in [2.05, 4.69) is 6.92 Å². The summed E-state index contributed by atoms with van der Waals surface area (Å²) in [6.07, 6.45) is 1.13. The van der Waals surface area contributed by atoms with Gasteiger partial charge in [0.2, 0.25) is 0 Å². The number of rotatable bonds is 7. The zero-order chi connectivity index (χ0) is 8.53. The van der Waals surface area contributed by atoms with Crippen LogP contribution >= 0.6 is 11.8 Å². The van der Waals surface area contributed by atoms with E-state index < -0.39 is 0 Å². The summed E-state index contributed by atoms with van der Waals surface area (Å²) in [6, 6.07) is 0. The molecule has 0 heterocycles. The zero-order valence-electron chi connectivity index (χ0n) is 7.26. The van der Waals surface area contributed by atoms with Gasteiger partial charge in [0.1, 0.15) is 6.61 Å². The van der Waals surface area contributed by atoms with Gasteiger partial charge in [0.15, 0.2) is 5.78 Å². The SMILES string of the molecule is CCCSCC(=O)COCC. The Labute approximate surface area is 72.7 Å². The van der Waals surface area contributed by atoms with E-state index in [9.17, 15) is 4.79 Å². The molecular formula is C8H16O2S. The van der Waals surface area contributed by atoms with Crippen LogP contribution in [0.2, 0.25) is 0 Å². The van der Waals surface area contributed by atoms with Gasteiger partial charge in [-0.25, -0.2) is 0 Å². The third-order valence-corrected chi connectivity index (χ3v) is 2.30. The molecule has 66 valence electrons. The molecule has 11 heavy (non-hydrogen) atoms. The lowest BCUT2D eigenvalue weighted by atomic mass is 10.5. The largest absolute Gasteiger partial charge is 0.374 e. The second-order valence-electron chi connectivity index (χ2n) is 2.23. The van der Waals surface area contributed by atoms with Gasteiger partial charge >= 0.3 is 0 Å². The van der Waals surface area contributed by atoms with Gasteiger partial charge in [-0.05, 0) is 19.1 Å². The number of hydrogen-bond acceptors (Lipinski definition) is 3. The maximum atomic E-state index is 10.9. The van der Waals surface area contributed by atoms with E-state index >= 15 is 0 Å². The summed E-state index contributed by atoms with van der Waals surface area (Å²) in [5, 5.41) is 0. The first-order valence-corrected chi connectivity index (χ1v) is 5.13. The van der Waals surface area contributed by atoms with Crippen molar-refractivity contribution in [1.29, 1.82) is 0 Å². The number of ether oxygens (including phenoxy) is 1. The first-order valence-electron chi connectivity index (χ1n) is 3.98. The molecule has 0 radical (unpaired) electrons. The van der Waals surface area contributed by atoms with Gasteiger partial charge < -0.3 is 4.74 Å². The Balaban J connectivity index is 3.09. The topological polar surface area (TPSA) is 26.3 Å². The van der Waals surface area contributed by atoms with E-state index in [4.69, 9.17) is 4.74 Å². The fourth-order valence-electron chi connectivity index (χ4n) is 0.588. The molecule has 0 fully saturated rings. The summed E-state index contributed by atoms with van der Waals surface area (Å²) >= 11 is 1.68. The van der Waals surface area contributed by atoms with E-state index in [1.807, 2.05) is 6.92 Å². The molecule has 0 aromatic carbocycles. The van der Waals surface area contributed by atoms with Crippen molar-refractivity contribution in [2.75, 3.05) is 24.7 Å². The Kier molecular flexibility index (Phi) is 8.07. The molecule has 0 spiro atoms. The van der Waals surface area contributed by atoms with Crippen LogP contribution in [-0.2, 0) is 9.53 Å². The summed E-state index contributed by atoms with van der Waals surface area (Å²) in [6.45, 7) is 4.92. The van der Waals surface area contributed by atoms with E-state index in [0.29, 0.717) is 12.4 Å². The van der Waals surface area contributed by atoms with Crippen molar-refractivity contribution in [1.82, 2.24) is 0 Å². The van der Waals surface area contributed by atoms with Gasteiger partial charge in [-0.1, -0.05) is 6.92 Å². The summed E-state index contributed by atoms with van der Waals surface area (Å²) in [7, 11) is 0. The van der Waals surface area contributed by atoms with Gasteiger partial charge in [-0.2, -0.15) is 11.8 Å². The second kappa shape index (κ2) is 8.08. The molecule has 0 aliphatic heterocycles. The van der Waals surface area contributed by atoms with Gasteiger partial charge in [0.25, 0.3) is 0 Å². The summed E-state index contributed by atoms with van der Waals surface area (Å²) in [5.74, 6) is 1.87. The van der Waals surface area contributed by atoms with E-state index in [1.54, 1.807) is 11.8 Å². The van der Waals surface area contributed by atoms with Crippen LogP contribution in [0.4, 0.5) is 0 Å². The van der Waals surface area contributed by atoms with Crippen molar-refractivity contribution in [3.8, 4) is 0 Å². The van der Waals surface area contributed by atoms with Crippen LogP contribution in [-0.4, -0.2) is 30.5 Å². The molecule has 0 amide bonds. The van der Waals surface area contributed by atoms with Crippen LogP contribution in [0, 0.1) is 0 Å². The van der Waals surface area contributed by atoms with Crippen molar-refractivity contribution < 1.29 is 9.53 Å². The van der Waals surface area contributed by atoms with Crippen molar-refractivity contribution >= 4 is 17.5 Å². The van der Waals surface area contributed by atoms with Crippen molar-refractivity contribution in [2.24, 2.45) is 0 Å². The Morgan fingerprint density at radius 1 is 1.45 bits per heavy atom. The van der Waals surface area contributed by atoms with E-state index in [-0.39, 0.29) is 12.4 Å². The predicted molar refractivity (Wildman–Crippen MR) is 49.1 cm³/mol. The number of carbonyl (C=O) groups excluding carboxylic acids is 1. The molecule has 0 aliphatic carbocycles. The molecule has 0 saturated heterocycles. The Hall–Kier alpha value is -0.0200. The average Bonchev–Trinajstić information content (AvgIpc) is 2.01. The minimum atomic E-state index is 0.199. The van der Waals surface area contributed by atoms with Crippen molar-refractivity contribution in [3.05, 3.63) is 0 Å². The van der Waals surface area contributed by atoms with Crippen molar-refractivity contribution in [3.63, 3.8) is 0 Å². The van der Waals surface area contributed by atoms with Gasteiger partial charge in [0.05, 0.1) is 5.75 Å². The molecule has 0 atom stereocenters. The van der Waals surface area contributed by atoms with Gasteiger partial charge in [-0.15, -0.1) is 0 Å². The lowest BCUT2D eigenvalue weighted by molar-refractivity contribution is -0.120. The molecule has 2 nitrogen and oxygen atoms in total. The second-order valence-corrected chi connectivity index (χ2v) is 3.33. The zero-order valence-corrected chi connectivity index (χ0v) is 8.08. The minimum absolute atomic E-state index is 0.199. The highest BCUT2D eigenvalue weighted by Crippen LogP contribution is 2.01. The fraction of sp³-hybridized carbons (Fsp3) is 0.875. The van der Waals surface area contributed by atoms with Crippen LogP contribution in [0.5, 0.6) is 0 Å². The molecule has 0 rings (SSSR count). The summed E-state index contributed by atoms with van der Waals surface area (Å²) in [4.78, 5) is 10.9. The average molecular weight is 176 g/mol. The number of thioether (sulfide) groups is 1. The van der Waals surface area contributed by atoms with Crippen LogP contribution < -0.4 is 0 Å². The smallest absolute Gasteiger partial charge is 0.168 e. The molecule has 0 unspecified atom stereocenters. The van der Waals surface area contributed by atoms with Crippen LogP contribution in [0.25, 0.3) is 0 Å². The Morgan fingerprint density at radius 2 is 2.18 bits per heavy atom. The van der Waals surface area contributed by atoms with E-state index in [0.717, 1.165) is 12.2 Å². The fourth-order valence-corrected chi connectivity index (χ4v) is 1.33. The number of hydrogen-bond donors (Lipinski definition) is 0. The van der Waals surface area contributed by atoms with Crippen LogP contribution in [0.1, 0.15) is 20.3 Å². The first-order chi connectivity index (χ1) is 5.31. The molecule has 0 N–H and O–H groups in total. The molecule has 0 aliphatic rings. The van der Waals surface area contributed by atoms with Gasteiger partial charge in [-0.3, -0.25) is 4.79 Å². The standard InChI is InChI=1S/C8H16O2S/c1-3-5-11-7-8(9)6-10-4-2/h3-7H2,1-2H3. The normalized spacial score (nSPS) is 10.0. The Morgan fingerprint density at radius 3 is 2.73 bits per heavy atom. The highest BCUT2D eigenvalue weighted by atomic mass is 32.2. The minimum Gasteiger partial charge on any atom is -0.374 e. The first kappa shape index (κ1) is 11.0. The highest BCUT2D eigenvalue weighted by Gasteiger charge is 1.99. The highest BCUT2D eigenvalue weighted by molar-refractivity contribution is 7.99. The number of ketones is 1. The lowest BCUT2D eigenvalue weighted by Crippen LogP contribution is -2.10.